The van der Waals surface area contributed by atoms with E-state index < -0.39 is 0 Å². The van der Waals surface area contributed by atoms with Gasteiger partial charge in [0, 0.05) is 4.47 Å². The molecule has 110 valence electrons. The van der Waals surface area contributed by atoms with Crippen molar-refractivity contribution in [2.45, 2.75) is 0 Å². The molecule has 1 saturated heterocycles. The molecule has 4 nitrogen and oxygen atoms in total. The zero-order chi connectivity index (χ0) is 14.8. The van der Waals surface area contributed by atoms with Crippen LogP contribution in [0, 0.1) is 0 Å². The Balaban J connectivity index is 1.71. The number of amidine groups is 1. The van der Waals surface area contributed by atoms with Gasteiger partial charge < -0.3 is 9.80 Å². The standard InChI is InChI=1S/C15H16BrN3OS/c1-18-6-8-19(9-7-18)15-17-14(20)13(21-15)10-11-2-4-12(16)5-3-11/h2-5,10H,6-9H2,1H3/p+1/b13-10-. The summed E-state index contributed by atoms with van der Waals surface area (Å²) in [5.74, 6) is -0.121. The maximum absolute atomic E-state index is 12.0. The van der Waals surface area contributed by atoms with Crippen LogP contribution in [-0.2, 0) is 4.79 Å². The molecule has 2 aliphatic rings. The van der Waals surface area contributed by atoms with Crippen LogP contribution < -0.4 is 4.90 Å². The van der Waals surface area contributed by atoms with Gasteiger partial charge in [0.25, 0.3) is 5.91 Å². The van der Waals surface area contributed by atoms with Crippen LogP contribution >= 0.6 is 27.7 Å². The molecular weight excluding hydrogens is 350 g/mol. The first-order chi connectivity index (χ1) is 10.1. The Morgan fingerprint density at radius 1 is 1.29 bits per heavy atom. The summed E-state index contributed by atoms with van der Waals surface area (Å²) in [6.45, 7) is 4.13. The van der Waals surface area contributed by atoms with Crippen LogP contribution in [0.2, 0.25) is 0 Å². The summed E-state index contributed by atoms with van der Waals surface area (Å²) in [6.07, 6.45) is 1.91. The van der Waals surface area contributed by atoms with Crippen molar-refractivity contribution in [2.24, 2.45) is 4.99 Å². The smallest absolute Gasteiger partial charge is 0.286 e. The number of nitrogens with zero attached hydrogens (tertiary/aromatic N) is 2. The Bertz CT molecular complexity index is 604. The number of nitrogens with one attached hydrogen (secondary N) is 1. The second kappa shape index (κ2) is 6.34. The Labute approximate surface area is 137 Å². The first-order valence-electron chi connectivity index (χ1n) is 6.96. The van der Waals surface area contributed by atoms with Crippen molar-refractivity contribution in [3.05, 3.63) is 39.2 Å². The summed E-state index contributed by atoms with van der Waals surface area (Å²) in [4.78, 5) is 20.7. The largest absolute Gasteiger partial charge is 0.339 e. The summed E-state index contributed by atoms with van der Waals surface area (Å²) in [5.41, 5.74) is 1.02. The monoisotopic (exact) mass is 366 g/mol. The summed E-state index contributed by atoms with van der Waals surface area (Å²) in [7, 11) is 2.20. The quantitative estimate of drug-likeness (QED) is 0.760. The van der Waals surface area contributed by atoms with E-state index in [1.54, 1.807) is 0 Å². The number of aliphatic imine (C=N–C) groups is 1. The van der Waals surface area contributed by atoms with Crippen LogP contribution in [0.25, 0.3) is 6.08 Å². The number of amides is 1. The molecule has 0 atom stereocenters. The highest BCUT2D eigenvalue weighted by atomic mass is 79.9. The highest BCUT2D eigenvalue weighted by Gasteiger charge is 2.28. The number of benzene rings is 1. The first-order valence-corrected chi connectivity index (χ1v) is 8.57. The lowest BCUT2D eigenvalue weighted by Gasteiger charge is -2.30. The molecule has 0 unspecified atom stereocenters. The number of carbonyl (C=O) groups is 1. The highest BCUT2D eigenvalue weighted by Crippen LogP contribution is 2.30. The number of rotatable bonds is 1. The van der Waals surface area contributed by atoms with Gasteiger partial charge in [-0.3, -0.25) is 4.79 Å². The fourth-order valence-electron chi connectivity index (χ4n) is 2.32. The van der Waals surface area contributed by atoms with Crippen LogP contribution in [0.4, 0.5) is 0 Å². The minimum absolute atomic E-state index is 0.121. The molecule has 0 aromatic heterocycles. The number of quaternary nitrogens is 1. The van der Waals surface area contributed by atoms with Gasteiger partial charge in [0.2, 0.25) is 0 Å². The molecule has 0 radical (unpaired) electrons. The summed E-state index contributed by atoms with van der Waals surface area (Å²) in [6, 6.07) is 7.92. The Morgan fingerprint density at radius 3 is 2.62 bits per heavy atom. The number of carbonyl (C=O) groups excluding carboxylic acids is 1. The van der Waals surface area contributed by atoms with Crippen LogP contribution in [-0.4, -0.2) is 49.2 Å². The van der Waals surface area contributed by atoms with Crippen molar-refractivity contribution < 1.29 is 9.69 Å². The van der Waals surface area contributed by atoms with E-state index in [0.29, 0.717) is 4.91 Å². The molecule has 2 aliphatic heterocycles. The maximum Gasteiger partial charge on any atom is 0.286 e. The molecule has 1 aromatic carbocycles. The first kappa shape index (κ1) is 14.8. The number of hydrogen-bond acceptors (Lipinski definition) is 3. The number of hydrogen-bond donors (Lipinski definition) is 1. The SMILES string of the molecule is C[NH+]1CCN(C2=NC(=O)/C(=C/c3ccc(Br)cc3)S2)CC1. The normalized spacial score (nSPS) is 22.0. The van der Waals surface area contributed by atoms with E-state index in [4.69, 9.17) is 0 Å². The van der Waals surface area contributed by atoms with Gasteiger partial charge in [-0.15, -0.1) is 0 Å². The predicted molar refractivity (Wildman–Crippen MR) is 90.3 cm³/mol. The summed E-state index contributed by atoms with van der Waals surface area (Å²) < 4.78 is 1.03. The average Bonchev–Trinajstić information content (AvgIpc) is 2.83. The molecule has 1 amide bonds. The molecule has 0 saturated carbocycles. The second-order valence-electron chi connectivity index (χ2n) is 5.31. The number of likely N-dealkylation sites (N-methyl/N-ethyl adjacent to an activating group) is 1. The van der Waals surface area contributed by atoms with Crippen LogP contribution in [0.15, 0.2) is 38.6 Å². The lowest BCUT2D eigenvalue weighted by atomic mass is 10.2. The Hall–Kier alpha value is -1.11. The van der Waals surface area contributed by atoms with Crippen molar-refractivity contribution >= 4 is 44.8 Å². The van der Waals surface area contributed by atoms with Crippen molar-refractivity contribution in [3.63, 3.8) is 0 Å². The minimum Gasteiger partial charge on any atom is -0.339 e. The van der Waals surface area contributed by atoms with Crippen LogP contribution in [0.1, 0.15) is 5.56 Å². The fraction of sp³-hybridized carbons (Fsp3) is 0.333. The second-order valence-corrected chi connectivity index (χ2v) is 7.23. The molecule has 0 bridgehead atoms. The van der Waals surface area contributed by atoms with E-state index >= 15 is 0 Å². The van der Waals surface area contributed by atoms with Gasteiger partial charge in [0.15, 0.2) is 5.17 Å². The molecule has 2 heterocycles. The van der Waals surface area contributed by atoms with Gasteiger partial charge in [-0.2, -0.15) is 4.99 Å². The molecule has 0 spiro atoms. The fourth-order valence-corrected chi connectivity index (χ4v) is 3.55. The third-order valence-corrected chi connectivity index (χ3v) is 5.24. The molecule has 0 aliphatic carbocycles. The van der Waals surface area contributed by atoms with Crippen molar-refractivity contribution in [1.82, 2.24) is 4.90 Å². The van der Waals surface area contributed by atoms with E-state index in [-0.39, 0.29) is 5.91 Å². The Kier molecular flexibility index (Phi) is 4.47. The molecular formula is C15H17BrN3OS+. The van der Waals surface area contributed by atoms with E-state index in [9.17, 15) is 4.79 Å². The van der Waals surface area contributed by atoms with Gasteiger partial charge in [0.1, 0.15) is 0 Å². The highest BCUT2D eigenvalue weighted by molar-refractivity contribution is 9.10. The van der Waals surface area contributed by atoms with Crippen molar-refractivity contribution in [2.75, 3.05) is 33.2 Å². The number of thioether (sulfide) groups is 1. The van der Waals surface area contributed by atoms with Gasteiger partial charge >= 0.3 is 0 Å². The molecule has 1 fully saturated rings. The summed E-state index contributed by atoms with van der Waals surface area (Å²) >= 11 is 4.90. The minimum atomic E-state index is -0.121. The van der Waals surface area contributed by atoms with Crippen molar-refractivity contribution in [1.29, 1.82) is 0 Å². The molecule has 1 N–H and O–H groups in total. The van der Waals surface area contributed by atoms with E-state index in [1.807, 2.05) is 30.3 Å². The molecule has 3 rings (SSSR count). The van der Waals surface area contributed by atoms with Gasteiger partial charge in [-0.05, 0) is 35.5 Å². The topological polar surface area (TPSA) is 37.1 Å². The average molecular weight is 367 g/mol. The van der Waals surface area contributed by atoms with E-state index in [0.717, 1.165) is 41.4 Å². The summed E-state index contributed by atoms with van der Waals surface area (Å²) in [5, 5.41) is 0.857. The number of piperazine rings is 1. The lowest BCUT2D eigenvalue weighted by Crippen LogP contribution is -3.12. The van der Waals surface area contributed by atoms with Gasteiger partial charge in [-0.25, -0.2) is 0 Å². The van der Waals surface area contributed by atoms with Gasteiger partial charge in [-0.1, -0.05) is 28.1 Å². The zero-order valence-corrected chi connectivity index (χ0v) is 14.2. The molecule has 21 heavy (non-hydrogen) atoms. The molecule has 6 heteroatoms. The number of halogens is 1. The van der Waals surface area contributed by atoms with Crippen molar-refractivity contribution in [3.8, 4) is 0 Å². The predicted octanol–water partition coefficient (Wildman–Crippen LogP) is 1.25. The van der Waals surface area contributed by atoms with E-state index in [2.05, 4.69) is 32.9 Å². The lowest BCUT2D eigenvalue weighted by molar-refractivity contribution is -0.883. The third kappa shape index (κ3) is 3.56. The van der Waals surface area contributed by atoms with Crippen LogP contribution in [0.3, 0.4) is 0 Å². The third-order valence-electron chi connectivity index (χ3n) is 3.66. The van der Waals surface area contributed by atoms with Crippen LogP contribution in [0.5, 0.6) is 0 Å². The zero-order valence-electron chi connectivity index (χ0n) is 11.8. The molecule has 1 aromatic rings. The Morgan fingerprint density at radius 2 is 1.95 bits per heavy atom. The van der Waals surface area contributed by atoms with Gasteiger partial charge in [0.05, 0.1) is 38.1 Å². The van der Waals surface area contributed by atoms with E-state index in [1.165, 1.54) is 16.7 Å². The maximum atomic E-state index is 12.0.